The van der Waals surface area contributed by atoms with Gasteiger partial charge in [-0.15, -0.1) is 22.9 Å². The van der Waals surface area contributed by atoms with Crippen LogP contribution in [-0.2, 0) is 22.3 Å². The van der Waals surface area contributed by atoms with Crippen molar-refractivity contribution in [2.45, 2.75) is 17.2 Å². The molecule has 0 atom stereocenters. The van der Waals surface area contributed by atoms with Crippen molar-refractivity contribution in [1.82, 2.24) is 0 Å². The van der Waals surface area contributed by atoms with Gasteiger partial charge in [0.25, 0.3) is 10.0 Å². The van der Waals surface area contributed by atoms with Crippen molar-refractivity contribution in [3.63, 3.8) is 0 Å². The summed E-state index contributed by atoms with van der Waals surface area (Å²) < 4.78 is 40.0. The molecule has 2 aromatic rings. The first-order valence-corrected chi connectivity index (χ1v) is 8.83. The van der Waals surface area contributed by atoms with Gasteiger partial charge >= 0.3 is 0 Å². The Kier molecular flexibility index (Phi) is 3.48. The summed E-state index contributed by atoms with van der Waals surface area (Å²) in [6.07, 6.45) is 0.592. The molecule has 7 heteroatoms. The van der Waals surface area contributed by atoms with Gasteiger partial charge in [0.05, 0.1) is 11.6 Å². The van der Waals surface area contributed by atoms with Gasteiger partial charge in [-0.2, -0.15) is 0 Å². The lowest BCUT2D eigenvalue weighted by atomic mass is 10.2. The third kappa shape index (κ3) is 2.12. The molecule has 0 bridgehead atoms. The SMILES string of the molecule is O=S(=O)(c1ccsc1CCl)N1CCc2ccc(F)cc21. The molecule has 20 heavy (non-hydrogen) atoms. The van der Waals surface area contributed by atoms with Crippen molar-refractivity contribution in [2.24, 2.45) is 0 Å². The molecule has 3 nitrogen and oxygen atoms in total. The van der Waals surface area contributed by atoms with Crippen molar-refractivity contribution < 1.29 is 12.8 Å². The molecule has 3 rings (SSSR count). The zero-order chi connectivity index (χ0) is 14.3. The van der Waals surface area contributed by atoms with Crippen molar-refractivity contribution in [3.05, 3.63) is 45.9 Å². The van der Waals surface area contributed by atoms with Crippen molar-refractivity contribution in [2.75, 3.05) is 10.8 Å². The predicted molar refractivity (Wildman–Crippen MR) is 78.5 cm³/mol. The van der Waals surface area contributed by atoms with Crippen LogP contribution in [0.5, 0.6) is 0 Å². The Labute approximate surface area is 125 Å². The monoisotopic (exact) mass is 331 g/mol. The van der Waals surface area contributed by atoms with E-state index in [0.717, 1.165) is 5.56 Å². The third-order valence-corrected chi connectivity index (χ3v) is 6.67. The summed E-state index contributed by atoms with van der Waals surface area (Å²) in [6.45, 7) is 0.332. The molecular weight excluding hydrogens is 321 g/mol. The highest BCUT2D eigenvalue weighted by molar-refractivity contribution is 7.93. The molecule has 0 amide bonds. The predicted octanol–water partition coefficient (Wildman–Crippen LogP) is 3.38. The first-order valence-electron chi connectivity index (χ1n) is 5.97. The molecule has 0 aliphatic carbocycles. The molecule has 2 heterocycles. The topological polar surface area (TPSA) is 37.4 Å². The zero-order valence-electron chi connectivity index (χ0n) is 10.3. The van der Waals surface area contributed by atoms with Gasteiger partial charge < -0.3 is 0 Å². The lowest BCUT2D eigenvalue weighted by molar-refractivity contribution is 0.592. The summed E-state index contributed by atoms with van der Waals surface area (Å²) in [5.74, 6) is -0.287. The smallest absolute Gasteiger partial charge is 0.265 e. The van der Waals surface area contributed by atoms with E-state index in [2.05, 4.69) is 0 Å². The maximum atomic E-state index is 13.4. The van der Waals surface area contributed by atoms with Crippen LogP contribution in [0.3, 0.4) is 0 Å². The Balaban J connectivity index is 2.09. The van der Waals surface area contributed by atoms with E-state index in [0.29, 0.717) is 23.5 Å². The van der Waals surface area contributed by atoms with Crippen LogP contribution >= 0.6 is 22.9 Å². The summed E-state index contributed by atoms with van der Waals surface area (Å²) in [4.78, 5) is 0.825. The van der Waals surface area contributed by atoms with Crippen LogP contribution < -0.4 is 4.31 Å². The number of halogens is 2. The molecule has 0 fully saturated rings. The average Bonchev–Trinajstić information content (AvgIpc) is 3.04. The fraction of sp³-hybridized carbons (Fsp3) is 0.231. The van der Waals surface area contributed by atoms with Crippen molar-refractivity contribution in [1.29, 1.82) is 0 Å². The second-order valence-corrected chi connectivity index (χ2v) is 7.54. The second kappa shape index (κ2) is 5.02. The molecule has 1 aromatic carbocycles. The van der Waals surface area contributed by atoms with Gasteiger partial charge in [0.1, 0.15) is 10.7 Å². The fourth-order valence-corrected chi connectivity index (χ4v) is 5.52. The molecule has 1 aliphatic heterocycles. The number of alkyl halides is 1. The molecule has 0 N–H and O–H groups in total. The van der Waals surface area contributed by atoms with E-state index in [9.17, 15) is 12.8 Å². The number of rotatable bonds is 3. The number of sulfonamides is 1. The summed E-state index contributed by atoms with van der Waals surface area (Å²) in [6, 6.07) is 5.81. The van der Waals surface area contributed by atoms with E-state index in [1.165, 1.54) is 27.8 Å². The minimum absolute atomic E-state index is 0.149. The number of benzene rings is 1. The number of thiophene rings is 1. The number of hydrogen-bond acceptors (Lipinski definition) is 3. The van der Waals surface area contributed by atoms with Gasteiger partial charge in [-0.3, -0.25) is 4.31 Å². The first-order chi connectivity index (χ1) is 9.54. The van der Waals surface area contributed by atoms with Gasteiger partial charge in [-0.05, 0) is 35.6 Å². The molecule has 0 spiro atoms. The lowest BCUT2D eigenvalue weighted by Gasteiger charge is -2.19. The molecule has 1 aliphatic rings. The van der Waals surface area contributed by atoms with Crippen LogP contribution in [0.25, 0.3) is 0 Å². The highest BCUT2D eigenvalue weighted by atomic mass is 35.5. The zero-order valence-corrected chi connectivity index (χ0v) is 12.7. The summed E-state index contributed by atoms with van der Waals surface area (Å²) in [7, 11) is -3.68. The Morgan fingerprint density at radius 2 is 2.15 bits per heavy atom. The van der Waals surface area contributed by atoms with Gasteiger partial charge in [0.15, 0.2) is 0 Å². The van der Waals surface area contributed by atoms with Gasteiger partial charge in [0, 0.05) is 11.4 Å². The number of anilines is 1. The van der Waals surface area contributed by atoms with E-state index in [-0.39, 0.29) is 10.8 Å². The lowest BCUT2D eigenvalue weighted by Crippen LogP contribution is -2.29. The summed E-state index contributed by atoms with van der Waals surface area (Å²) in [5.41, 5.74) is 1.27. The standard InChI is InChI=1S/C13H11ClFNO2S2/c14-8-12-13(4-6-19-12)20(17,18)16-5-3-9-1-2-10(15)7-11(9)16/h1-2,4,6-7H,3,5,8H2. The molecule has 106 valence electrons. The highest BCUT2D eigenvalue weighted by Crippen LogP contribution is 2.35. The fourth-order valence-electron chi connectivity index (χ4n) is 2.35. The van der Waals surface area contributed by atoms with Crippen LogP contribution in [0.1, 0.15) is 10.4 Å². The minimum atomic E-state index is -3.68. The minimum Gasteiger partial charge on any atom is -0.266 e. The molecule has 0 saturated carbocycles. The van der Waals surface area contributed by atoms with Gasteiger partial charge in [-0.1, -0.05) is 6.07 Å². The van der Waals surface area contributed by atoms with Crippen LogP contribution in [-0.4, -0.2) is 15.0 Å². The van der Waals surface area contributed by atoms with Gasteiger partial charge in [-0.25, -0.2) is 12.8 Å². The van der Waals surface area contributed by atoms with E-state index in [4.69, 9.17) is 11.6 Å². The van der Waals surface area contributed by atoms with E-state index in [1.54, 1.807) is 17.5 Å². The maximum Gasteiger partial charge on any atom is 0.265 e. The quantitative estimate of drug-likeness (QED) is 0.809. The Hall–Kier alpha value is -1.11. The van der Waals surface area contributed by atoms with E-state index < -0.39 is 15.8 Å². The molecule has 0 unspecified atom stereocenters. The highest BCUT2D eigenvalue weighted by Gasteiger charge is 2.32. The molecular formula is C13H11ClFNO2S2. The number of fused-ring (bicyclic) bond motifs is 1. The van der Waals surface area contributed by atoms with Gasteiger partial charge in [0.2, 0.25) is 0 Å². The molecule has 0 saturated heterocycles. The van der Waals surface area contributed by atoms with Crippen LogP contribution in [0, 0.1) is 5.82 Å². The maximum absolute atomic E-state index is 13.4. The Morgan fingerprint density at radius 3 is 2.90 bits per heavy atom. The van der Waals surface area contributed by atoms with Crippen LogP contribution in [0.15, 0.2) is 34.5 Å². The largest absolute Gasteiger partial charge is 0.266 e. The molecule has 1 aromatic heterocycles. The van der Waals surface area contributed by atoms with Crippen LogP contribution in [0.4, 0.5) is 10.1 Å². The third-order valence-electron chi connectivity index (χ3n) is 3.29. The summed E-state index contributed by atoms with van der Waals surface area (Å²) in [5, 5.41) is 1.70. The van der Waals surface area contributed by atoms with Crippen molar-refractivity contribution in [3.8, 4) is 0 Å². The first kappa shape index (κ1) is 13.9. The Morgan fingerprint density at radius 1 is 1.35 bits per heavy atom. The van der Waals surface area contributed by atoms with Crippen LogP contribution in [0.2, 0.25) is 0 Å². The second-order valence-electron chi connectivity index (χ2n) is 4.44. The number of hydrogen-bond donors (Lipinski definition) is 0. The van der Waals surface area contributed by atoms with Crippen molar-refractivity contribution >= 4 is 38.6 Å². The summed E-state index contributed by atoms with van der Waals surface area (Å²) >= 11 is 7.09. The average molecular weight is 332 g/mol. The normalized spacial score (nSPS) is 14.6. The number of nitrogens with zero attached hydrogens (tertiary/aromatic N) is 1. The van der Waals surface area contributed by atoms with E-state index in [1.807, 2.05) is 0 Å². The molecule has 0 radical (unpaired) electrons. The van der Waals surface area contributed by atoms with E-state index >= 15 is 0 Å². The Bertz CT molecular complexity index is 757.